The van der Waals surface area contributed by atoms with E-state index < -0.39 is 67.0 Å². The van der Waals surface area contributed by atoms with Gasteiger partial charge in [0.05, 0.1) is 0 Å². The molecule has 1 aromatic heterocycles. The fourth-order valence-electron chi connectivity index (χ4n) is 5.83. The van der Waals surface area contributed by atoms with Gasteiger partial charge in [-0.15, -0.1) is 0 Å². The van der Waals surface area contributed by atoms with Crippen LogP contribution in [-0.2, 0) is 33.3 Å². The predicted molar refractivity (Wildman–Crippen MR) is 176 cm³/mol. The second-order valence-corrected chi connectivity index (χ2v) is 18.7. The first-order valence-corrected chi connectivity index (χ1v) is 19.3. The van der Waals surface area contributed by atoms with Gasteiger partial charge in [0.15, 0.2) is 0 Å². The van der Waals surface area contributed by atoms with E-state index >= 15 is 0 Å². The van der Waals surface area contributed by atoms with Gasteiger partial charge in [-0.3, -0.25) is 0 Å². The number of H-pyrrole nitrogens is 1. The third-order valence-corrected chi connectivity index (χ3v) is 17.0. The van der Waals surface area contributed by atoms with Crippen molar-refractivity contribution < 1.29 is 33.3 Å². The summed E-state index contributed by atoms with van der Waals surface area (Å²) in [6, 6.07) is 30.3. The number of hydrogen-bond donors (Lipinski definition) is 1. The Morgan fingerprint density at radius 3 is 1.72 bits per heavy atom. The number of rotatable bonds is 10. The molecule has 47 heavy (non-hydrogen) atoms. The second-order valence-electron chi connectivity index (χ2n) is 11.0. The van der Waals surface area contributed by atoms with Gasteiger partial charge in [-0.05, 0) is 0 Å². The zero-order valence-electron chi connectivity index (χ0n) is 26.0. The average Bonchev–Trinajstić information content (AvgIpc) is 3.37. The number of benzene rings is 3. The molecular formula is C35H34GeN2O9. The first kappa shape index (κ1) is 33.4. The number of aromatic nitrogens is 2. The summed E-state index contributed by atoms with van der Waals surface area (Å²) in [5.74, 6) is -2.04. The number of ether oxygens (including phenoxy) is 4. The summed E-state index contributed by atoms with van der Waals surface area (Å²) in [4.78, 5) is 66.7. The van der Waals surface area contributed by atoms with Crippen molar-refractivity contribution in [1.29, 1.82) is 0 Å². The van der Waals surface area contributed by atoms with Crippen molar-refractivity contribution in [2.24, 2.45) is 0 Å². The van der Waals surface area contributed by atoms with Crippen LogP contribution in [0.5, 0.6) is 0 Å². The quantitative estimate of drug-likeness (QED) is 0.148. The molecule has 12 heteroatoms. The van der Waals surface area contributed by atoms with Gasteiger partial charge in [0.1, 0.15) is 0 Å². The zero-order valence-corrected chi connectivity index (χ0v) is 28.1. The van der Waals surface area contributed by atoms with E-state index in [0.717, 1.165) is 24.7 Å². The number of nitrogens with zero attached hydrogens (tertiary/aromatic N) is 1. The first-order valence-electron chi connectivity index (χ1n) is 14.9. The molecule has 1 aliphatic rings. The minimum atomic E-state index is -3.64. The number of esters is 3. The molecule has 0 radical (unpaired) electrons. The Hall–Kier alpha value is -5.01. The molecule has 242 valence electrons. The SMILES string of the molecule is CC(=O)OC[C@H]1O[C@@H](n2cc(/C=[CH]\[Ge]([c]3ccccc3)([c]3ccccc3)[c]3ccccc3)c(=O)[nH]c2=O)[C@@H](OC(C)=O)[C@@H]1OC(C)=O. The van der Waals surface area contributed by atoms with Gasteiger partial charge in [0.25, 0.3) is 0 Å². The van der Waals surface area contributed by atoms with Gasteiger partial charge in [0, 0.05) is 0 Å². The maximum atomic E-state index is 13.3. The van der Waals surface area contributed by atoms with Crippen LogP contribution in [0.3, 0.4) is 0 Å². The number of carbonyl (C=O) groups excluding carboxylic acids is 3. The van der Waals surface area contributed by atoms with Gasteiger partial charge >= 0.3 is 274 Å². The molecule has 0 amide bonds. The molecular weight excluding hydrogens is 665 g/mol. The van der Waals surface area contributed by atoms with Gasteiger partial charge in [0.2, 0.25) is 0 Å². The van der Waals surface area contributed by atoms with E-state index in [-0.39, 0.29) is 12.2 Å². The van der Waals surface area contributed by atoms with E-state index in [9.17, 15) is 24.0 Å². The van der Waals surface area contributed by atoms with Gasteiger partial charge in [-0.2, -0.15) is 0 Å². The Balaban J connectivity index is 1.65. The van der Waals surface area contributed by atoms with Gasteiger partial charge < -0.3 is 0 Å². The molecule has 3 aromatic carbocycles. The van der Waals surface area contributed by atoms with Gasteiger partial charge in [-0.1, -0.05) is 0 Å². The molecule has 5 rings (SSSR count). The maximum absolute atomic E-state index is 13.3. The van der Waals surface area contributed by atoms with E-state index in [0.29, 0.717) is 0 Å². The van der Waals surface area contributed by atoms with E-state index in [1.807, 2.05) is 54.6 Å². The van der Waals surface area contributed by atoms with E-state index in [1.54, 1.807) is 6.08 Å². The fraction of sp³-hybridized carbons (Fsp3) is 0.229. The van der Waals surface area contributed by atoms with Crippen LogP contribution < -0.4 is 24.4 Å². The molecule has 0 unspecified atom stereocenters. The molecule has 4 atom stereocenters. The normalized spacial score (nSPS) is 19.3. The van der Waals surface area contributed by atoms with Crippen molar-refractivity contribution >= 4 is 50.4 Å². The Morgan fingerprint density at radius 1 is 0.766 bits per heavy atom. The summed E-state index contributed by atoms with van der Waals surface area (Å²) in [6.45, 7) is 3.19. The Kier molecular flexibility index (Phi) is 10.4. The molecule has 0 spiro atoms. The van der Waals surface area contributed by atoms with Crippen molar-refractivity contribution in [3.63, 3.8) is 0 Å². The Morgan fingerprint density at radius 2 is 1.26 bits per heavy atom. The summed E-state index contributed by atoms with van der Waals surface area (Å²) in [5, 5.41) is 0. The summed E-state index contributed by atoms with van der Waals surface area (Å²) >= 11 is -3.64. The van der Waals surface area contributed by atoms with Crippen LogP contribution in [0.25, 0.3) is 6.08 Å². The second kappa shape index (κ2) is 14.6. The van der Waals surface area contributed by atoms with Crippen LogP contribution >= 0.6 is 0 Å². The number of hydrogen-bond acceptors (Lipinski definition) is 9. The first-order chi connectivity index (χ1) is 22.6. The summed E-state index contributed by atoms with van der Waals surface area (Å²) in [6.07, 6.45) is -1.89. The average molecular weight is 699 g/mol. The van der Waals surface area contributed by atoms with Crippen molar-refractivity contribution in [2.45, 2.75) is 45.3 Å². The van der Waals surface area contributed by atoms with Crippen molar-refractivity contribution in [3.8, 4) is 0 Å². The standard InChI is InChI=1S/C35H34GeN2O9/c1-23(39)44-22-30-31(45-24(2)40)32(46-25(3)41)34(47-30)38-21-26(33(42)37-35(38)43)19-20-36(27-13-7-4-8-14-27,28-15-9-5-10-16-28)29-17-11-6-12-18-29/h4-21,30-32,34H,22H2,1-3H3,(H,37,42,43)/b20-19-/t30-,31-,32+,34-/m1/s1. The topological polar surface area (TPSA) is 143 Å². The van der Waals surface area contributed by atoms with Crippen molar-refractivity contribution in [2.75, 3.05) is 6.61 Å². The van der Waals surface area contributed by atoms with Crippen LogP contribution in [0.15, 0.2) is 112 Å². The van der Waals surface area contributed by atoms with Crippen LogP contribution in [0.1, 0.15) is 32.6 Å². The zero-order chi connectivity index (χ0) is 33.6. The third-order valence-electron chi connectivity index (χ3n) is 7.81. The van der Waals surface area contributed by atoms with Crippen molar-refractivity contribution in [1.82, 2.24) is 9.55 Å². The fourth-order valence-corrected chi connectivity index (χ4v) is 14.6. The summed E-state index contributed by atoms with van der Waals surface area (Å²) < 4.78 is 26.5. The van der Waals surface area contributed by atoms with Crippen LogP contribution in [0.4, 0.5) is 0 Å². The number of carbonyl (C=O) groups is 3. The van der Waals surface area contributed by atoms with Crippen molar-refractivity contribution in [3.05, 3.63) is 129 Å². The predicted octanol–water partition coefficient (Wildman–Crippen LogP) is 1.58. The number of aromatic amines is 1. The molecule has 4 aromatic rings. The van der Waals surface area contributed by atoms with Gasteiger partial charge in [-0.25, -0.2) is 0 Å². The Labute approximate surface area is 273 Å². The molecule has 1 fully saturated rings. The number of nitrogens with one attached hydrogen (secondary N) is 1. The van der Waals surface area contributed by atoms with Crippen LogP contribution in [0.2, 0.25) is 0 Å². The Bertz CT molecular complexity index is 1780. The van der Waals surface area contributed by atoms with E-state index in [1.165, 1.54) is 20.0 Å². The molecule has 0 saturated carbocycles. The molecule has 2 heterocycles. The van der Waals surface area contributed by atoms with E-state index in [4.69, 9.17) is 18.9 Å². The van der Waals surface area contributed by atoms with Crippen LogP contribution in [-0.4, -0.2) is 65.6 Å². The third kappa shape index (κ3) is 7.36. The summed E-state index contributed by atoms with van der Waals surface area (Å²) in [5.41, 5.74) is -1.34. The minimum absolute atomic E-state index is 0.139. The molecule has 1 aliphatic heterocycles. The monoisotopic (exact) mass is 700 g/mol. The molecule has 0 aliphatic carbocycles. The van der Waals surface area contributed by atoms with E-state index in [2.05, 4.69) is 46.3 Å². The summed E-state index contributed by atoms with van der Waals surface area (Å²) in [7, 11) is 0. The molecule has 1 saturated heterocycles. The molecule has 0 bridgehead atoms. The molecule has 1 N–H and O–H groups in total. The van der Waals surface area contributed by atoms with Crippen LogP contribution in [0, 0.1) is 0 Å². The molecule has 11 nitrogen and oxygen atoms in total.